The van der Waals surface area contributed by atoms with Crippen LogP contribution in [0.25, 0.3) is 0 Å². The zero-order valence-electron chi connectivity index (χ0n) is 56.5. The first-order valence-electron chi connectivity index (χ1n) is 27.6. The number of carbonyl (C=O) groups excluding carboxylic acids is 2. The molecular formula is C62H131NO7PS2VW-. The Balaban J connectivity index is -0.000000148. The fourth-order valence-corrected chi connectivity index (χ4v) is 16.9. The molecule has 0 aromatic carbocycles. The number of sulfone groups is 1. The van der Waals surface area contributed by atoms with Crippen molar-refractivity contribution in [1.29, 1.82) is 0 Å². The molecule has 0 aromatic heterocycles. The van der Waals surface area contributed by atoms with E-state index in [4.69, 9.17) is 4.74 Å². The van der Waals surface area contributed by atoms with E-state index in [1.165, 1.54) is 25.7 Å². The van der Waals surface area contributed by atoms with Gasteiger partial charge in [-0.05, 0) is 81.4 Å². The van der Waals surface area contributed by atoms with E-state index in [-0.39, 0.29) is 87.4 Å². The first kappa shape index (κ1) is 89.2. The van der Waals surface area contributed by atoms with Gasteiger partial charge >= 0.3 is 94.4 Å². The van der Waals surface area contributed by atoms with Gasteiger partial charge in [-0.1, -0.05) is 163 Å². The van der Waals surface area contributed by atoms with Gasteiger partial charge in [0.05, 0.1) is 25.1 Å². The minimum Gasteiger partial charge on any atom is -0.460 e. The summed E-state index contributed by atoms with van der Waals surface area (Å²) < 4.78 is 53.3. The fraction of sp³-hybridized carbons (Fsp3) is 0.935. The third-order valence-electron chi connectivity index (χ3n) is 8.43. The molecule has 0 spiro atoms. The fourth-order valence-electron chi connectivity index (χ4n) is 6.78. The molecule has 13 heteroatoms. The Morgan fingerprint density at radius 1 is 0.533 bits per heavy atom. The van der Waals surface area contributed by atoms with E-state index in [1.54, 1.807) is 44.0 Å². The van der Waals surface area contributed by atoms with Crippen LogP contribution in [-0.4, -0.2) is 81.5 Å². The van der Waals surface area contributed by atoms with Gasteiger partial charge in [-0.2, -0.15) is 12.8 Å². The van der Waals surface area contributed by atoms with Crippen LogP contribution >= 0.6 is 7.14 Å². The van der Waals surface area contributed by atoms with E-state index in [1.807, 2.05) is 75.9 Å². The molecule has 0 aliphatic rings. The summed E-state index contributed by atoms with van der Waals surface area (Å²) in [6.45, 7) is 73.6. The molecular weight excluding hydrogens is 1200 g/mol. The molecule has 8 nitrogen and oxygen atoms in total. The Labute approximate surface area is 496 Å². The van der Waals surface area contributed by atoms with Crippen LogP contribution in [0, 0.1) is 55.2 Å². The summed E-state index contributed by atoms with van der Waals surface area (Å²) in [4.78, 5) is 22.7. The van der Waals surface area contributed by atoms with Crippen LogP contribution in [-0.2, 0) is 77.4 Å². The first-order chi connectivity index (χ1) is 31.6. The van der Waals surface area contributed by atoms with Gasteiger partial charge in [-0.3, -0.25) is 13.8 Å². The van der Waals surface area contributed by atoms with E-state index < -0.39 is 33.4 Å². The average molecular weight is 1330 g/mol. The standard InChI is InChI=1S/C12H23NO3.C11H23.C11H22.C10H22O2S.C10H22OS.C8H19OP.V.W/c1-11(2,3)13-9(14)7-8-10(15)16-12(4,5)6;2*1-10(2,3)8-7-9-11(4,5)6;1-9(2,3)7-13(11,12)8-10(4,5)6;1-9(2,3)7-12(11)8-10(4,5)6;1-6-10(5,9)7-8(2,3)4;;/h7-8H2,1-6H3,(H,13,14);7H,8-9H2,1-6H3;8-9H2,1-6H3;7-8H2,1-6H3;7-8H2,1-6H3;6-7H2,1-5H3;;/q;-1;;;;;;. The monoisotopic (exact) mass is 1330 g/mol. The Kier molecular flexibility index (Phi) is 42.9. The van der Waals surface area contributed by atoms with Gasteiger partial charge in [0.25, 0.3) is 0 Å². The normalized spacial score (nSPS) is 13.9. The molecule has 1 radical (unpaired) electrons. The number of hydrogen-bond donors (Lipinski definition) is 1. The summed E-state index contributed by atoms with van der Waals surface area (Å²) in [6.07, 6.45) is 9.46. The topological polar surface area (TPSA) is 124 Å². The van der Waals surface area contributed by atoms with Gasteiger partial charge in [0.2, 0.25) is 5.91 Å². The van der Waals surface area contributed by atoms with E-state index >= 15 is 0 Å². The molecule has 0 saturated carbocycles. The van der Waals surface area contributed by atoms with Crippen molar-refractivity contribution in [2.45, 2.75) is 285 Å². The van der Waals surface area contributed by atoms with Crippen LogP contribution in [0.3, 0.4) is 0 Å². The number of amides is 1. The average Bonchev–Trinajstić information content (AvgIpc) is 2.95. The Morgan fingerprint density at radius 2 is 0.853 bits per heavy atom. The maximum atomic E-state index is 11.7. The quantitative estimate of drug-likeness (QED) is 0.111. The SMILES string of the molecule is CC(C)(C)CS(=O)(=O)CC(C)(C)C.CC(C)(C)CS(=O)CC(C)(C)C.CC(C)(C)C[CH-]CC(C)(C)C.CC(C)(C)C[C](=[W])CC(C)(C)C.CC(C)(C)NC(=O)CCC(=O)OC(C)(C)C.CCP(C)(=O)CC(C)(C)C.[V]. The molecule has 1 N–H and O–H groups in total. The van der Waals surface area contributed by atoms with Gasteiger partial charge in [-0.25, -0.2) is 8.42 Å². The smallest absolute Gasteiger partial charge is 0.306 e. The molecule has 0 rings (SSSR count). The Bertz CT molecular complexity index is 1610. The second kappa shape index (κ2) is 36.1. The van der Waals surface area contributed by atoms with Crippen molar-refractivity contribution in [3.63, 3.8) is 0 Å². The molecule has 1 unspecified atom stereocenters. The van der Waals surface area contributed by atoms with E-state index in [0.29, 0.717) is 21.7 Å². The molecule has 0 aliphatic heterocycles. The summed E-state index contributed by atoms with van der Waals surface area (Å²) in [7, 11) is -5.35. The van der Waals surface area contributed by atoms with Gasteiger partial charge in [0, 0.05) is 59.0 Å². The summed E-state index contributed by atoms with van der Waals surface area (Å²) in [5.74, 6) is 1.71. The largest absolute Gasteiger partial charge is 0.460 e. The van der Waals surface area contributed by atoms with Gasteiger partial charge in [-0.15, -0.1) is 0 Å². The number of esters is 1. The zero-order chi connectivity index (χ0) is 61.4. The third kappa shape index (κ3) is 94.0. The summed E-state index contributed by atoms with van der Waals surface area (Å²) >= 11 is 1.68. The Morgan fingerprint density at radius 3 is 1.05 bits per heavy atom. The van der Waals surface area contributed by atoms with Crippen molar-refractivity contribution in [1.82, 2.24) is 5.32 Å². The van der Waals surface area contributed by atoms with Crippen LogP contribution in [0.4, 0.5) is 0 Å². The van der Waals surface area contributed by atoms with Crippen LogP contribution in [0.15, 0.2) is 0 Å². The van der Waals surface area contributed by atoms with E-state index in [2.05, 4.69) is 157 Å². The Hall–Kier alpha value is 0.413. The molecule has 0 saturated heterocycles. The van der Waals surface area contributed by atoms with Crippen LogP contribution in [0.1, 0.15) is 274 Å². The van der Waals surface area contributed by atoms with Crippen molar-refractivity contribution in [2.75, 3.05) is 42.0 Å². The second-order valence-corrected chi connectivity index (χ2v) is 43.2. The van der Waals surface area contributed by atoms with Crippen molar-refractivity contribution in [2.24, 2.45) is 48.7 Å². The summed E-state index contributed by atoms with van der Waals surface area (Å²) in [6, 6.07) is 0. The molecule has 0 bridgehead atoms. The van der Waals surface area contributed by atoms with Crippen molar-refractivity contribution >= 4 is 43.6 Å². The van der Waals surface area contributed by atoms with Gasteiger partial charge in [0.1, 0.15) is 5.60 Å². The number of nitrogens with one attached hydrogen (secondary N) is 1. The molecule has 0 fully saturated rings. The third-order valence-corrected chi connectivity index (χ3v) is 17.4. The predicted octanol–water partition coefficient (Wildman–Crippen LogP) is 18.0. The van der Waals surface area contributed by atoms with Gasteiger partial charge < -0.3 is 21.0 Å². The number of ether oxygens (including phenoxy) is 1. The van der Waals surface area contributed by atoms with Crippen molar-refractivity contribution < 1.29 is 69.4 Å². The number of hydrogen-bond acceptors (Lipinski definition) is 7. The van der Waals surface area contributed by atoms with Crippen molar-refractivity contribution in [3.8, 4) is 0 Å². The molecule has 75 heavy (non-hydrogen) atoms. The minimum absolute atomic E-state index is 0. The molecule has 0 aromatic rings. The maximum Gasteiger partial charge on any atom is 0.306 e. The molecule has 0 heterocycles. The predicted molar refractivity (Wildman–Crippen MR) is 331 cm³/mol. The second-order valence-electron chi connectivity index (χ2n) is 34.1. The van der Waals surface area contributed by atoms with Crippen LogP contribution in [0.2, 0.25) is 0 Å². The van der Waals surface area contributed by atoms with Crippen molar-refractivity contribution in [3.05, 3.63) is 6.42 Å². The van der Waals surface area contributed by atoms with E-state index in [0.717, 1.165) is 23.8 Å². The molecule has 455 valence electrons. The first-order valence-corrected chi connectivity index (χ1v) is 34.9. The van der Waals surface area contributed by atoms with Crippen LogP contribution < -0.4 is 5.32 Å². The van der Waals surface area contributed by atoms with Gasteiger partial charge in [0.15, 0.2) is 9.84 Å². The van der Waals surface area contributed by atoms with E-state index in [9.17, 15) is 26.8 Å². The number of rotatable bonds is 13. The van der Waals surface area contributed by atoms with Crippen LogP contribution in [0.5, 0.6) is 0 Å². The molecule has 1 amide bonds. The summed E-state index contributed by atoms with van der Waals surface area (Å²) in [5.41, 5.74) is 1.46. The molecule has 0 aliphatic carbocycles. The minimum atomic E-state index is -2.90. The number of carbonyl (C=O) groups is 2. The maximum absolute atomic E-state index is 11.7. The zero-order valence-corrected chi connectivity index (χ0v) is 63.4. The molecule has 1 atom stereocenters. The summed E-state index contributed by atoms with van der Waals surface area (Å²) in [5, 5.41) is 2.79.